The lowest BCUT2D eigenvalue weighted by Gasteiger charge is -2.12. The molecule has 3 rings (SSSR count). The number of rotatable bonds is 2. The summed E-state index contributed by atoms with van der Waals surface area (Å²) in [5.41, 5.74) is 7.98. The van der Waals surface area contributed by atoms with E-state index in [1.165, 1.54) is 5.56 Å². The Bertz CT molecular complexity index is 678. The van der Waals surface area contributed by atoms with Gasteiger partial charge in [-0.25, -0.2) is 4.98 Å². The van der Waals surface area contributed by atoms with Crippen molar-refractivity contribution in [2.75, 3.05) is 0 Å². The fourth-order valence-electron chi connectivity index (χ4n) is 2.05. The van der Waals surface area contributed by atoms with Crippen LogP contribution in [0.5, 0.6) is 0 Å². The zero-order valence-corrected chi connectivity index (χ0v) is 10.7. The maximum atomic E-state index is 4.28. The van der Waals surface area contributed by atoms with Gasteiger partial charge in [0.25, 0.3) is 0 Å². The van der Waals surface area contributed by atoms with Gasteiger partial charge in [0.15, 0.2) is 0 Å². The number of benzene rings is 1. The molecule has 19 heavy (non-hydrogen) atoms. The van der Waals surface area contributed by atoms with Crippen molar-refractivity contribution in [2.24, 2.45) is 5.10 Å². The van der Waals surface area contributed by atoms with Gasteiger partial charge < -0.3 is 4.57 Å². The fourth-order valence-corrected chi connectivity index (χ4v) is 2.05. The molecule has 0 radical (unpaired) electrons. The van der Waals surface area contributed by atoms with E-state index in [1.54, 1.807) is 12.5 Å². The Morgan fingerprint density at radius 2 is 2.16 bits per heavy atom. The predicted octanol–water partition coefficient (Wildman–Crippen LogP) is 2.56. The molecule has 1 aliphatic rings. The maximum absolute atomic E-state index is 4.28. The molecule has 1 aliphatic heterocycles. The van der Waals surface area contributed by atoms with E-state index in [1.807, 2.05) is 22.9 Å². The first-order valence-electron chi connectivity index (χ1n) is 6.04. The van der Waals surface area contributed by atoms with Crippen LogP contribution in [-0.4, -0.2) is 15.3 Å². The fraction of sp³-hybridized carbons (Fsp3) is 0.0667. The molecule has 94 valence electrons. The normalized spacial score (nSPS) is 14.2. The average Bonchev–Trinajstić information content (AvgIpc) is 2.93. The van der Waals surface area contributed by atoms with Crippen molar-refractivity contribution in [2.45, 2.75) is 6.92 Å². The third-order valence-electron chi connectivity index (χ3n) is 3.04. The van der Waals surface area contributed by atoms with Crippen molar-refractivity contribution in [1.29, 1.82) is 0 Å². The Balaban J connectivity index is 1.96. The molecule has 1 aromatic carbocycles. The molecule has 1 aromatic heterocycles. The predicted molar refractivity (Wildman–Crippen MR) is 76.3 cm³/mol. The van der Waals surface area contributed by atoms with Crippen LogP contribution in [0.15, 0.2) is 66.4 Å². The second-order valence-electron chi connectivity index (χ2n) is 4.44. The molecule has 0 amide bonds. The molecular formula is C15H14N4. The van der Waals surface area contributed by atoms with Crippen LogP contribution in [0.25, 0.3) is 5.69 Å². The quantitative estimate of drug-likeness (QED) is 0.890. The summed E-state index contributed by atoms with van der Waals surface area (Å²) in [6.45, 7) is 5.87. The van der Waals surface area contributed by atoms with Crippen LogP contribution in [0.3, 0.4) is 0 Å². The molecule has 0 fully saturated rings. The highest BCUT2D eigenvalue weighted by Gasteiger charge is 2.07. The van der Waals surface area contributed by atoms with E-state index >= 15 is 0 Å². The van der Waals surface area contributed by atoms with Crippen LogP contribution >= 0.6 is 0 Å². The average molecular weight is 250 g/mol. The number of aromatic nitrogens is 2. The van der Waals surface area contributed by atoms with E-state index in [0.717, 1.165) is 22.7 Å². The lowest BCUT2D eigenvalue weighted by Crippen LogP contribution is -2.13. The monoisotopic (exact) mass is 250 g/mol. The Morgan fingerprint density at radius 3 is 2.79 bits per heavy atom. The Morgan fingerprint density at radius 1 is 1.26 bits per heavy atom. The number of nitrogens with zero attached hydrogens (tertiary/aromatic N) is 3. The van der Waals surface area contributed by atoms with Gasteiger partial charge in [0.1, 0.15) is 0 Å². The molecule has 0 atom stereocenters. The number of aryl methyl sites for hydroxylation is 1. The van der Waals surface area contributed by atoms with Crippen molar-refractivity contribution in [3.05, 3.63) is 72.5 Å². The van der Waals surface area contributed by atoms with E-state index in [2.05, 4.69) is 47.2 Å². The van der Waals surface area contributed by atoms with Crippen LogP contribution in [0.2, 0.25) is 0 Å². The highest BCUT2D eigenvalue weighted by Crippen LogP contribution is 2.17. The largest absolute Gasteiger partial charge is 0.306 e. The van der Waals surface area contributed by atoms with Gasteiger partial charge in [-0.3, -0.25) is 5.43 Å². The van der Waals surface area contributed by atoms with Gasteiger partial charge in [-0.1, -0.05) is 12.6 Å². The van der Waals surface area contributed by atoms with E-state index in [9.17, 15) is 0 Å². The number of hydrogen-bond acceptors (Lipinski definition) is 3. The third-order valence-corrected chi connectivity index (χ3v) is 3.04. The van der Waals surface area contributed by atoms with Crippen molar-refractivity contribution >= 4 is 5.71 Å². The smallest absolute Gasteiger partial charge is 0.0991 e. The summed E-state index contributed by atoms with van der Waals surface area (Å²) in [6.07, 6.45) is 9.39. The van der Waals surface area contributed by atoms with Crippen LogP contribution in [0.1, 0.15) is 11.1 Å². The molecule has 0 bridgehead atoms. The van der Waals surface area contributed by atoms with Crippen LogP contribution < -0.4 is 5.43 Å². The van der Waals surface area contributed by atoms with Crippen LogP contribution in [0.4, 0.5) is 0 Å². The standard InChI is InChI=1S/C15H14N4/c1-11-9-13(14-5-3-12(2)17-18-14)4-6-15(11)19-8-7-16-10-19/h3-10,17H,2H2,1H3. The zero-order valence-electron chi connectivity index (χ0n) is 10.7. The van der Waals surface area contributed by atoms with Crippen molar-refractivity contribution < 1.29 is 0 Å². The van der Waals surface area contributed by atoms with Gasteiger partial charge in [0.2, 0.25) is 0 Å². The molecule has 0 saturated carbocycles. The van der Waals surface area contributed by atoms with Gasteiger partial charge in [0.05, 0.1) is 12.0 Å². The first-order valence-corrected chi connectivity index (χ1v) is 6.04. The minimum atomic E-state index is 0.801. The van der Waals surface area contributed by atoms with Crippen molar-refractivity contribution in [3.63, 3.8) is 0 Å². The zero-order chi connectivity index (χ0) is 13.2. The SMILES string of the molecule is C=C1C=CC(c2ccc(-n3ccnc3)c(C)c2)=NN1. The number of allylic oxidation sites excluding steroid dienone is 2. The summed E-state index contributed by atoms with van der Waals surface area (Å²) >= 11 is 0. The molecule has 4 nitrogen and oxygen atoms in total. The second kappa shape index (κ2) is 4.57. The summed E-state index contributed by atoms with van der Waals surface area (Å²) in [7, 11) is 0. The lowest BCUT2D eigenvalue weighted by molar-refractivity contribution is 0.914. The molecule has 1 N–H and O–H groups in total. The van der Waals surface area contributed by atoms with E-state index in [4.69, 9.17) is 0 Å². The maximum Gasteiger partial charge on any atom is 0.0991 e. The van der Waals surface area contributed by atoms with E-state index < -0.39 is 0 Å². The first-order chi connectivity index (χ1) is 9.24. The highest BCUT2D eigenvalue weighted by molar-refractivity contribution is 6.09. The minimum absolute atomic E-state index is 0.801. The Kier molecular flexibility index (Phi) is 2.76. The van der Waals surface area contributed by atoms with Gasteiger partial charge in [-0.2, -0.15) is 5.10 Å². The number of nitrogens with one attached hydrogen (secondary N) is 1. The topological polar surface area (TPSA) is 42.2 Å². The number of imidazole rings is 1. The number of hydrogen-bond donors (Lipinski definition) is 1. The Hall–Kier alpha value is -2.62. The molecule has 2 heterocycles. The molecular weight excluding hydrogens is 236 g/mol. The van der Waals surface area contributed by atoms with Gasteiger partial charge in [-0.05, 0) is 36.8 Å². The minimum Gasteiger partial charge on any atom is -0.306 e. The molecule has 0 spiro atoms. The van der Waals surface area contributed by atoms with Crippen LogP contribution in [0, 0.1) is 6.92 Å². The second-order valence-corrected chi connectivity index (χ2v) is 4.44. The molecule has 0 aliphatic carbocycles. The summed E-state index contributed by atoms with van der Waals surface area (Å²) < 4.78 is 2.00. The van der Waals surface area contributed by atoms with Crippen LogP contribution in [-0.2, 0) is 0 Å². The molecule has 4 heteroatoms. The summed E-state index contributed by atoms with van der Waals surface area (Å²) in [6, 6.07) is 6.25. The number of hydrazone groups is 1. The van der Waals surface area contributed by atoms with Crippen molar-refractivity contribution in [3.8, 4) is 5.69 Å². The van der Waals surface area contributed by atoms with Gasteiger partial charge in [-0.15, -0.1) is 0 Å². The summed E-state index contributed by atoms with van der Waals surface area (Å²) in [5.74, 6) is 0. The molecule has 2 aromatic rings. The van der Waals surface area contributed by atoms with Gasteiger partial charge in [0, 0.05) is 29.3 Å². The van der Waals surface area contributed by atoms with Crippen molar-refractivity contribution in [1.82, 2.24) is 15.0 Å². The van der Waals surface area contributed by atoms with E-state index in [0.29, 0.717) is 0 Å². The van der Waals surface area contributed by atoms with E-state index in [-0.39, 0.29) is 0 Å². The Labute approximate surface area is 111 Å². The lowest BCUT2D eigenvalue weighted by atomic mass is 10.0. The molecule has 0 saturated heterocycles. The van der Waals surface area contributed by atoms with Gasteiger partial charge >= 0.3 is 0 Å². The summed E-state index contributed by atoms with van der Waals surface area (Å²) in [5, 5.41) is 4.28. The molecule has 0 unspecified atom stereocenters. The first kappa shape index (κ1) is 11.5. The highest BCUT2D eigenvalue weighted by atomic mass is 15.3. The third kappa shape index (κ3) is 2.20. The summed E-state index contributed by atoms with van der Waals surface area (Å²) in [4.78, 5) is 4.07.